The van der Waals surface area contributed by atoms with Gasteiger partial charge in [-0.15, -0.1) is 0 Å². The van der Waals surface area contributed by atoms with E-state index < -0.39 is 52.6 Å². The molecule has 1 aliphatic heterocycles. The van der Waals surface area contributed by atoms with E-state index in [0.717, 1.165) is 24.3 Å². The number of rotatable bonds is 8. The molecule has 10 heteroatoms. The van der Waals surface area contributed by atoms with Crippen molar-refractivity contribution in [3.8, 4) is 11.5 Å². The molecule has 176 valence electrons. The van der Waals surface area contributed by atoms with Gasteiger partial charge < -0.3 is 18.9 Å². The predicted octanol–water partition coefficient (Wildman–Crippen LogP) is 6.18. The summed E-state index contributed by atoms with van der Waals surface area (Å²) in [7, 11) is 0. The smallest absolute Gasteiger partial charge is 0.429 e. The van der Waals surface area contributed by atoms with Crippen LogP contribution in [0, 0.1) is 17.5 Å². The van der Waals surface area contributed by atoms with Gasteiger partial charge in [0.2, 0.25) is 11.6 Å². The molecule has 1 fully saturated rings. The first-order chi connectivity index (χ1) is 15.1. The van der Waals surface area contributed by atoms with Crippen molar-refractivity contribution in [3.05, 3.63) is 58.9 Å². The molecule has 0 bridgehead atoms. The number of hydrogen-bond donors (Lipinski definition) is 0. The van der Waals surface area contributed by atoms with Crippen molar-refractivity contribution in [2.24, 2.45) is 0 Å². The monoisotopic (exact) mass is 464 g/mol. The Morgan fingerprint density at radius 2 is 1.62 bits per heavy atom. The van der Waals surface area contributed by atoms with E-state index in [2.05, 4.69) is 4.74 Å². The Hall–Kier alpha value is -2.46. The highest BCUT2D eigenvalue weighted by Gasteiger charge is 2.41. The largest absolute Gasteiger partial charge is 0.491 e. The number of ether oxygens (including phenoxy) is 4. The molecule has 0 atom stereocenters. The molecule has 4 nitrogen and oxygen atoms in total. The maximum atomic E-state index is 14.5. The van der Waals surface area contributed by atoms with Crippen LogP contribution < -0.4 is 9.47 Å². The molecule has 0 N–H and O–H groups in total. The zero-order valence-corrected chi connectivity index (χ0v) is 17.4. The van der Waals surface area contributed by atoms with E-state index in [9.17, 15) is 26.3 Å². The lowest BCUT2D eigenvalue weighted by atomic mass is 10.0. The number of hydrogen-bond acceptors (Lipinski definition) is 4. The van der Waals surface area contributed by atoms with Gasteiger partial charge in [0.1, 0.15) is 5.82 Å². The van der Waals surface area contributed by atoms with Crippen LogP contribution in [0.15, 0.2) is 30.3 Å². The van der Waals surface area contributed by atoms with Crippen LogP contribution >= 0.6 is 0 Å². The summed E-state index contributed by atoms with van der Waals surface area (Å²) in [5, 5.41) is 0. The van der Waals surface area contributed by atoms with Gasteiger partial charge >= 0.3 is 6.11 Å². The van der Waals surface area contributed by atoms with Crippen LogP contribution in [0.25, 0.3) is 0 Å². The molecule has 2 aromatic carbocycles. The van der Waals surface area contributed by atoms with Crippen molar-refractivity contribution in [2.45, 2.75) is 44.8 Å². The molecule has 0 unspecified atom stereocenters. The van der Waals surface area contributed by atoms with Crippen molar-refractivity contribution in [1.82, 2.24) is 0 Å². The quantitative estimate of drug-likeness (QED) is 0.437. The summed E-state index contributed by atoms with van der Waals surface area (Å²) in [5.41, 5.74) is -2.82. The molecule has 0 aliphatic carbocycles. The van der Waals surface area contributed by atoms with Crippen LogP contribution in [0.1, 0.15) is 44.1 Å². The molecule has 1 heterocycles. The van der Waals surface area contributed by atoms with Gasteiger partial charge in [0, 0.05) is 5.56 Å². The first-order valence-electron chi connectivity index (χ1n) is 10.00. The topological polar surface area (TPSA) is 36.9 Å². The molecule has 0 saturated carbocycles. The second-order valence-corrected chi connectivity index (χ2v) is 7.34. The lowest BCUT2D eigenvalue weighted by molar-refractivity contribution is -0.239. The zero-order valence-electron chi connectivity index (χ0n) is 17.4. The van der Waals surface area contributed by atoms with Crippen LogP contribution in [0.2, 0.25) is 0 Å². The minimum absolute atomic E-state index is 0.0314. The van der Waals surface area contributed by atoms with Crippen molar-refractivity contribution in [2.75, 3.05) is 19.8 Å². The average Bonchev–Trinajstić information content (AvgIpc) is 2.74. The van der Waals surface area contributed by atoms with E-state index in [1.807, 2.05) is 0 Å². The van der Waals surface area contributed by atoms with Crippen LogP contribution in [-0.4, -0.2) is 25.5 Å². The lowest BCUT2D eigenvalue weighted by Gasteiger charge is -2.34. The number of alkyl halides is 3. The standard InChI is InChI=1S/C22H22F6O4/c1-3-9-21(26)11-30-20(31-12-21)13-5-6-14(15(23)10-13)22(27,28)32-17-8-7-16(29-4-2)18(24)19(17)25/h5-8,10,20H,3-4,9,11-12H2,1-2H3. The Bertz CT molecular complexity index is 944. The number of benzene rings is 2. The minimum Gasteiger partial charge on any atom is -0.491 e. The van der Waals surface area contributed by atoms with E-state index in [0.29, 0.717) is 12.5 Å². The van der Waals surface area contributed by atoms with E-state index >= 15 is 0 Å². The van der Waals surface area contributed by atoms with Crippen molar-refractivity contribution >= 4 is 0 Å². The van der Waals surface area contributed by atoms with Gasteiger partial charge in [-0.3, -0.25) is 0 Å². The maximum Gasteiger partial charge on any atom is 0.429 e. The summed E-state index contributed by atoms with van der Waals surface area (Å²) in [4.78, 5) is 0. The van der Waals surface area contributed by atoms with E-state index in [4.69, 9.17) is 14.2 Å². The average molecular weight is 464 g/mol. The van der Waals surface area contributed by atoms with Gasteiger partial charge in [-0.05, 0) is 37.6 Å². The molecular weight excluding hydrogens is 442 g/mol. The second-order valence-electron chi connectivity index (χ2n) is 7.34. The van der Waals surface area contributed by atoms with Crippen molar-refractivity contribution in [1.29, 1.82) is 0 Å². The predicted molar refractivity (Wildman–Crippen MR) is 102 cm³/mol. The van der Waals surface area contributed by atoms with Gasteiger partial charge in [0.25, 0.3) is 0 Å². The third-order valence-corrected chi connectivity index (χ3v) is 4.81. The summed E-state index contributed by atoms with van der Waals surface area (Å²) >= 11 is 0. The molecule has 0 spiro atoms. The normalized spacial score (nSPS) is 21.4. The van der Waals surface area contributed by atoms with Crippen molar-refractivity contribution < 1.29 is 45.3 Å². The molecule has 32 heavy (non-hydrogen) atoms. The van der Waals surface area contributed by atoms with Gasteiger partial charge in [-0.1, -0.05) is 19.4 Å². The molecule has 0 radical (unpaired) electrons. The molecule has 1 saturated heterocycles. The van der Waals surface area contributed by atoms with Crippen LogP contribution in [0.4, 0.5) is 26.3 Å². The van der Waals surface area contributed by atoms with Gasteiger partial charge in [-0.25, -0.2) is 8.78 Å². The van der Waals surface area contributed by atoms with Gasteiger partial charge in [0.05, 0.1) is 25.4 Å². The minimum atomic E-state index is -4.33. The second kappa shape index (κ2) is 9.58. The zero-order chi connectivity index (χ0) is 23.5. The van der Waals surface area contributed by atoms with E-state index in [-0.39, 0.29) is 31.8 Å². The summed E-state index contributed by atoms with van der Waals surface area (Å²) in [6.45, 7) is 2.80. The summed E-state index contributed by atoms with van der Waals surface area (Å²) in [5.74, 6) is -6.18. The molecule has 0 amide bonds. The Morgan fingerprint density at radius 1 is 1.00 bits per heavy atom. The summed E-state index contributed by atoms with van der Waals surface area (Å²) < 4.78 is 106. The van der Waals surface area contributed by atoms with Gasteiger partial charge in [0.15, 0.2) is 23.5 Å². The van der Waals surface area contributed by atoms with E-state index in [1.165, 1.54) is 6.92 Å². The third-order valence-electron chi connectivity index (χ3n) is 4.81. The fourth-order valence-electron chi connectivity index (χ4n) is 3.29. The Morgan fingerprint density at radius 3 is 2.22 bits per heavy atom. The number of halogens is 6. The molecule has 3 rings (SSSR count). The first kappa shape index (κ1) is 24.2. The highest BCUT2D eigenvalue weighted by Crippen LogP contribution is 2.38. The lowest BCUT2D eigenvalue weighted by Crippen LogP contribution is -2.41. The SMILES string of the molecule is CCCC1(F)COC(c2ccc(C(F)(F)Oc3ccc(OCC)c(F)c3F)c(F)c2)OC1. The Labute approximate surface area is 181 Å². The molecular formula is C22H22F6O4. The van der Waals surface area contributed by atoms with Gasteiger partial charge in [-0.2, -0.15) is 17.6 Å². The molecule has 0 aromatic heterocycles. The van der Waals surface area contributed by atoms with Crippen molar-refractivity contribution in [3.63, 3.8) is 0 Å². The highest BCUT2D eigenvalue weighted by molar-refractivity contribution is 5.36. The highest BCUT2D eigenvalue weighted by atomic mass is 19.3. The fraction of sp³-hybridized carbons (Fsp3) is 0.455. The fourth-order valence-corrected chi connectivity index (χ4v) is 3.29. The Balaban J connectivity index is 1.76. The Kier molecular flexibility index (Phi) is 7.24. The van der Waals surface area contributed by atoms with Crippen LogP contribution in [-0.2, 0) is 15.6 Å². The molecule has 2 aromatic rings. The van der Waals surface area contributed by atoms with Crippen LogP contribution in [0.5, 0.6) is 11.5 Å². The maximum absolute atomic E-state index is 14.5. The third kappa shape index (κ3) is 5.12. The van der Waals surface area contributed by atoms with Crippen LogP contribution in [0.3, 0.4) is 0 Å². The summed E-state index contributed by atoms with van der Waals surface area (Å²) in [6.07, 6.45) is -4.66. The van der Waals surface area contributed by atoms with E-state index in [1.54, 1.807) is 6.92 Å². The molecule has 1 aliphatic rings. The summed E-state index contributed by atoms with van der Waals surface area (Å²) in [6, 6.07) is 4.22. The first-order valence-corrected chi connectivity index (χ1v) is 10.00.